The minimum Gasteiger partial charge on any atom is -0.336 e. The second-order valence-electron chi connectivity index (χ2n) is 5.65. The van der Waals surface area contributed by atoms with Crippen LogP contribution in [0.5, 0.6) is 0 Å². The third-order valence-corrected chi connectivity index (χ3v) is 4.04. The van der Waals surface area contributed by atoms with Crippen LogP contribution < -0.4 is 10.6 Å². The molecular weight excluding hydrogens is 366 g/mol. The Morgan fingerprint density at radius 2 is 2.26 bits per heavy atom. The van der Waals surface area contributed by atoms with Crippen molar-refractivity contribution in [3.8, 4) is 17.3 Å². The first-order valence-corrected chi connectivity index (χ1v) is 8.57. The van der Waals surface area contributed by atoms with Crippen LogP contribution in [0.2, 0.25) is 5.02 Å². The Kier molecular flexibility index (Phi) is 5.64. The maximum Gasteiger partial charge on any atom is 0.252 e. The van der Waals surface area contributed by atoms with Crippen LogP contribution in [0, 0.1) is 11.3 Å². The van der Waals surface area contributed by atoms with Crippen LogP contribution in [0.3, 0.4) is 0 Å². The van der Waals surface area contributed by atoms with Crippen LogP contribution >= 0.6 is 11.6 Å². The van der Waals surface area contributed by atoms with Gasteiger partial charge in [0.2, 0.25) is 5.95 Å². The van der Waals surface area contributed by atoms with Crippen molar-refractivity contribution in [3.05, 3.63) is 53.4 Å². The van der Waals surface area contributed by atoms with E-state index in [1.807, 2.05) is 13.0 Å². The highest BCUT2D eigenvalue weighted by molar-refractivity contribution is 6.32. The highest BCUT2D eigenvalue weighted by Crippen LogP contribution is 2.27. The quantitative estimate of drug-likeness (QED) is 0.602. The number of rotatable bonds is 6. The number of hydrogen-bond acceptors (Lipinski definition) is 6. The largest absolute Gasteiger partial charge is 0.336 e. The average molecular weight is 382 g/mol. The van der Waals surface area contributed by atoms with Crippen molar-refractivity contribution in [1.29, 1.82) is 5.26 Å². The Balaban J connectivity index is 1.88. The molecule has 3 aromatic rings. The molecule has 2 aromatic heterocycles. The lowest BCUT2D eigenvalue weighted by atomic mass is 10.1. The molecule has 3 rings (SSSR count). The summed E-state index contributed by atoms with van der Waals surface area (Å²) in [5, 5.41) is 21.6. The van der Waals surface area contributed by atoms with Crippen molar-refractivity contribution < 1.29 is 4.79 Å². The Bertz CT molecular complexity index is 982. The monoisotopic (exact) mass is 381 g/mol. The fourth-order valence-electron chi connectivity index (χ4n) is 2.35. The number of aromatic nitrogens is 4. The molecule has 8 nitrogen and oxygen atoms in total. The first kappa shape index (κ1) is 18.4. The van der Waals surface area contributed by atoms with Gasteiger partial charge in [0, 0.05) is 17.3 Å². The SMILES string of the molecule is CCC(C#N)NC(=O)c1cccc(-c2nc(Nc3cn[nH]c3)ncc2Cl)c1. The molecule has 0 aliphatic heterocycles. The van der Waals surface area contributed by atoms with Gasteiger partial charge in [0.05, 0.1) is 34.9 Å². The minimum absolute atomic E-state index is 0.327. The standard InChI is InChI=1S/C18H16ClN7O/c1-2-13(7-20)24-17(27)12-5-3-4-11(6-12)16-15(19)10-21-18(26-16)25-14-8-22-23-9-14/h3-6,8-10,13H,2H2,1H3,(H,22,23)(H,24,27)(H,21,25,26). The molecule has 27 heavy (non-hydrogen) atoms. The van der Waals surface area contributed by atoms with Crippen LogP contribution in [0.1, 0.15) is 23.7 Å². The van der Waals surface area contributed by atoms with Gasteiger partial charge in [-0.15, -0.1) is 0 Å². The molecule has 0 radical (unpaired) electrons. The van der Waals surface area contributed by atoms with E-state index in [0.29, 0.717) is 39.9 Å². The van der Waals surface area contributed by atoms with Crippen LogP contribution in [0.4, 0.5) is 11.6 Å². The third-order valence-electron chi connectivity index (χ3n) is 3.77. The van der Waals surface area contributed by atoms with E-state index < -0.39 is 6.04 Å². The van der Waals surface area contributed by atoms with E-state index in [0.717, 1.165) is 0 Å². The van der Waals surface area contributed by atoms with Crippen molar-refractivity contribution in [1.82, 2.24) is 25.5 Å². The fourth-order valence-corrected chi connectivity index (χ4v) is 2.55. The molecule has 1 amide bonds. The minimum atomic E-state index is -0.533. The molecule has 136 valence electrons. The number of benzene rings is 1. The first-order valence-electron chi connectivity index (χ1n) is 8.20. The van der Waals surface area contributed by atoms with Gasteiger partial charge in [0.25, 0.3) is 5.91 Å². The lowest BCUT2D eigenvalue weighted by Gasteiger charge is -2.11. The van der Waals surface area contributed by atoms with Gasteiger partial charge in [-0.25, -0.2) is 9.97 Å². The normalized spacial score (nSPS) is 11.4. The number of nitrogens with one attached hydrogen (secondary N) is 3. The third kappa shape index (κ3) is 4.40. The zero-order valence-electron chi connectivity index (χ0n) is 14.4. The zero-order valence-corrected chi connectivity index (χ0v) is 15.2. The van der Waals surface area contributed by atoms with E-state index in [-0.39, 0.29) is 5.91 Å². The van der Waals surface area contributed by atoms with Crippen LogP contribution in [-0.4, -0.2) is 32.1 Å². The molecule has 0 saturated carbocycles. The summed E-state index contributed by atoms with van der Waals surface area (Å²) < 4.78 is 0. The second-order valence-corrected chi connectivity index (χ2v) is 6.05. The Hall–Kier alpha value is -3.44. The molecular formula is C18H16ClN7O. The molecule has 0 spiro atoms. The lowest BCUT2D eigenvalue weighted by molar-refractivity contribution is 0.0944. The summed E-state index contributed by atoms with van der Waals surface area (Å²) >= 11 is 6.26. The molecule has 1 atom stereocenters. The maximum absolute atomic E-state index is 12.4. The number of halogens is 1. The van der Waals surface area contributed by atoms with E-state index in [4.69, 9.17) is 16.9 Å². The summed E-state index contributed by atoms with van der Waals surface area (Å²) in [5.74, 6) is 0.0216. The Morgan fingerprint density at radius 3 is 2.96 bits per heavy atom. The first-order chi connectivity index (χ1) is 13.1. The number of anilines is 2. The number of carbonyl (C=O) groups excluding carboxylic acids is 1. The maximum atomic E-state index is 12.4. The number of hydrogen-bond donors (Lipinski definition) is 3. The highest BCUT2D eigenvalue weighted by Gasteiger charge is 2.14. The molecule has 1 aromatic carbocycles. The van der Waals surface area contributed by atoms with E-state index in [2.05, 4.69) is 30.8 Å². The van der Waals surface area contributed by atoms with Gasteiger partial charge in [0.15, 0.2) is 0 Å². The summed E-state index contributed by atoms with van der Waals surface area (Å²) in [6.45, 7) is 1.83. The van der Waals surface area contributed by atoms with E-state index in [1.54, 1.807) is 36.7 Å². The van der Waals surface area contributed by atoms with Crippen LogP contribution in [-0.2, 0) is 0 Å². The van der Waals surface area contributed by atoms with Crippen LogP contribution in [0.25, 0.3) is 11.3 Å². The topological polar surface area (TPSA) is 119 Å². The fraction of sp³-hybridized carbons (Fsp3) is 0.167. The van der Waals surface area contributed by atoms with E-state index >= 15 is 0 Å². The Morgan fingerprint density at radius 1 is 1.41 bits per heavy atom. The molecule has 0 fully saturated rings. The van der Waals surface area contributed by atoms with Gasteiger partial charge in [-0.1, -0.05) is 30.7 Å². The van der Waals surface area contributed by atoms with Crippen molar-refractivity contribution in [3.63, 3.8) is 0 Å². The molecule has 2 heterocycles. The molecule has 3 N–H and O–H groups in total. The highest BCUT2D eigenvalue weighted by atomic mass is 35.5. The van der Waals surface area contributed by atoms with Gasteiger partial charge >= 0.3 is 0 Å². The average Bonchev–Trinajstić information content (AvgIpc) is 3.20. The summed E-state index contributed by atoms with van der Waals surface area (Å²) in [4.78, 5) is 20.9. The summed E-state index contributed by atoms with van der Waals surface area (Å²) in [6.07, 6.45) is 5.29. The van der Waals surface area contributed by atoms with Gasteiger partial charge < -0.3 is 10.6 Å². The number of H-pyrrole nitrogens is 1. The van der Waals surface area contributed by atoms with Crippen molar-refractivity contribution in [2.45, 2.75) is 19.4 Å². The molecule has 1 unspecified atom stereocenters. The van der Waals surface area contributed by atoms with Gasteiger partial charge in [-0.3, -0.25) is 9.89 Å². The number of nitriles is 1. The summed E-state index contributed by atoms with van der Waals surface area (Å²) in [7, 11) is 0. The molecule has 0 aliphatic rings. The van der Waals surface area contributed by atoms with Crippen molar-refractivity contribution in [2.75, 3.05) is 5.32 Å². The Labute approximate surface area is 160 Å². The number of carbonyl (C=O) groups is 1. The number of nitrogens with zero attached hydrogens (tertiary/aromatic N) is 4. The predicted octanol–water partition coefficient (Wildman–Crippen LogP) is 3.30. The van der Waals surface area contributed by atoms with Gasteiger partial charge in [-0.2, -0.15) is 10.4 Å². The van der Waals surface area contributed by atoms with Crippen molar-refractivity contribution >= 4 is 29.1 Å². The second kappa shape index (κ2) is 8.29. The lowest BCUT2D eigenvalue weighted by Crippen LogP contribution is -2.33. The van der Waals surface area contributed by atoms with Crippen LogP contribution in [0.15, 0.2) is 42.9 Å². The predicted molar refractivity (Wildman–Crippen MR) is 102 cm³/mol. The molecule has 9 heteroatoms. The molecule has 0 bridgehead atoms. The smallest absolute Gasteiger partial charge is 0.252 e. The summed E-state index contributed by atoms with van der Waals surface area (Å²) in [5.41, 5.74) is 2.27. The summed E-state index contributed by atoms with van der Waals surface area (Å²) in [6, 6.07) is 8.39. The molecule has 0 saturated heterocycles. The number of amides is 1. The van der Waals surface area contributed by atoms with Gasteiger partial charge in [0.1, 0.15) is 6.04 Å². The van der Waals surface area contributed by atoms with Gasteiger partial charge in [-0.05, 0) is 18.6 Å². The zero-order chi connectivity index (χ0) is 19.2. The van der Waals surface area contributed by atoms with E-state index in [9.17, 15) is 4.79 Å². The van der Waals surface area contributed by atoms with Crippen molar-refractivity contribution in [2.24, 2.45) is 0 Å². The number of aromatic amines is 1. The molecule has 0 aliphatic carbocycles. The van der Waals surface area contributed by atoms with E-state index in [1.165, 1.54) is 6.20 Å².